The molecule has 0 atom stereocenters. The van der Waals surface area contributed by atoms with Gasteiger partial charge in [-0.3, -0.25) is 9.97 Å². The van der Waals surface area contributed by atoms with E-state index in [2.05, 4.69) is 119 Å². The summed E-state index contributed by atoms with van der Waals surface area (Å²) in [7, 11) is -1.37. The van der Waals surface area contributed by atoms with Gasteiger partial charge < -0.3 is 14.0 Å². The van der Waals surface area contributed by atoms with Crippen LogP contribution in [0.25, 0.3) is 55.7 Å². The summed E-state index contributed by atoms with van der Waals surface area (Å²) in [4.78, 5) is 18.8. The molecule has 51 heavy (non-hydrogen) atoms. The molecule has 5 heterocycles. The molecule has 0 unspecified atom stereocenters. The standard InChI is InChI=1S/C24H23N4O.C19H26NSi.Ir/c1-13-9-10-17(21-19(13)16-8-7-11-25-23(16)29-21)22-27-18-12-14(2)26-15(3)20(18)28(22)24(4,5)6;1-19(2,3)13-16-12-17(15-10-8-7-9-11-15)20-14-18(16)21(4,5)6;/h7-9,11-12H,1-6H3;7-10,12,14H,13H2,1-6H3;/q2*-1;. The Labute approximate surface area is 317 Å². The molecule has 0 bridgehead atoms. The monoisotopic (exact) mass is 872 g/mol. The van der Waals surface area contributed by atoms with E-state index in [4.69, 9.17) is 14.4 Å². The number of aryl methyl sites for hydroxylation is 3. The predicted molar refractivity (Wildman–Crippen MR) is 211 cm³/mol. The maximum atomic E-state index is 6.23. The average Bonchev–Trinajstić information content (AvgIpc) is 3.61. The molecule has 267 valence electrons. The molecule has 7 aromatic rings. The van der Waals surface area contributed by atoms with Crippen LogP contribution in [0.2, 0.25) is 19.6 Å². The van der Waals surface area contributed by atoms with Gasteiger partial charge in [0.2, 0.25) is 5.71 Å². The number of hydrogen-bond donors (Lipinski definition) is 0. The quantitative estimate of drug-likeness (QED) is 0.130. The van der Waals surface area contributed by atoms with Crippen molar-refractivity contribution in [2.24, 2.45) is 5.41 Å². The Morgan fingerprint density at radius 2 is 1.63 bits per heavy atom. The Hall–Kier alpha value is -3.97. The van der Waals surface area contributed by atoms with Crippen molar-refractivity contribution in [3.8, 4) is 22.6 Å². The second kappa shape index (κ2) is 14.2. The van der Waals surface area contributed by atoms with Gasteiger partial charge in [0.05, 0.1) is 36.2 Å². The number of rotatable bonds is 4. The van der Waals surface area contributed by atoms with Crippen LogP contribution >= 0.6 is 0 Å². The molecular formula is C43H49IrN5OSi-2. The van der Waals surface area contributed by atoms with Gasteiger partial charge in [-0.2, -0.15) is 0 Å². The van der Waals surface area contributed by atoms with Gasteiger partial charge in [0.15, 0.2) is 0 Å². The first-order chi connectivity index (χ1) is 23.4. The summed E-state index contributed by atoms with van der Waals surface area (Å²) in [5.74, 6) is 0.840. The Bertz CT molecular complexity index is 2340. The van der Waals surface area contributed by atoms with Crippen LogP contribution in [0.15, 0.2) is 71.4 Å². The van der Waals surface area contributed by atoms with Crippen molar-refractivity contribution in [1.82, 2.24) is 24.5 Å². The SMILES string of the molecule is CC(C)(C)Cc1cc(-c2[c-]cccc2)ncc1[Si](C)(C)C.Cc1cc2nc(-c3[c-]cc(C)c4c3oc3ncccc34)n(C(C)(C)C)c2c(C)n1.[Ir]. The minimum atomic E-state index is -1.37. The number of benzene rings is 2. The molecule has 0 saturated carbocycles. The van der Waals surface area contributed by atoms with Crippen molar-refractivity contribution in [1.29, 1.82) is 0 Å². The third-order valence-electron chi connectivity index (χ3n) is 8.86. The number of imidazole rings is 1. The van der Waals surface area contributed by atoms with Gasteiger partial charge in [-0.25, -0.2) is 4.98 Å². The molecule has 1 radical (unpaired) electrons. The van der Waals surface area contributed by atoms with E-state index in [0.29, 0.717) is 5.71 Å². The maximum Gasteiger partial charge on any atom is 0.216 e. The van der Waals surface area contributed by atoms with Crippen molar-refractivity contribution >= 4 is 46.4 Å². The zero-order valence-electron chi connectivity index (χ0n) is 32.0. The Morgan fingerprint density at radius 1 is 0.882 bits per heavy atom. The number of hydrogen-bond acceptors (Lipinski definition) is 5. The van der Waals surface area contributed by atoms with Gasteiger partial charge in [-0.1, -0.05) is 69.9 Å². The Morgan fingerprint density at radius 3 is 2.27 bits per heavy atom. The van der Waals surface area contributed by atoms with E-state index in [1.807, 2.05) is 50.2 Å². The van der Waals surface area contributed by atoms with Crippen LogP contribution in [0.3, 0.4) is 0 Å². The van der Waals surface area contributed by atoms with Crippen LogP contribution in [0.4, 0.5) is 0 Å². The number of pyridine rings is 3. The minimum Gasteiger partial charge on any atom is -0.486 e. The van der Waals surface area contributed by atoms with Gasteiger partial charge in [0.25, 0.3) is 0 Å². The molecule has 0 aliphatic heterocycles. The van der Waals surface area contributed by atoms with E-state index < -0.39 is 8.07 Å². The molecule has 8 heteroatoms. The van der Waals surface area contributed by atoms with Gasteiger partial charge >= 0.3 is 0 Å². The fraction of sp³-hybridized carbons (Fsp3) is 0.349. The molecule has 0 fully saturated rings. The van der Waals surface area contributed by atoms with Gasteiger partial charge in [0, 0.05) is 49.1 Å². The van der Waals surface area contributed by atoms with E-state index in [1.165, 1.54) is 10.8 Å². The third-order valence-corrected chi connectivity index (χ3v) is 10.9. The second-order valence-electron chi connectivity index (χ2n) is 16.7. The molecular weight excluding hydrogens is 823 g/mol. The first-order valence-electron chi connectivity index (χ1n) is 17.4. The molecule has 0 amide bonds. The second-order valence-corrected chi connectivity index (χ2v) is 21.7. The molecule has 7 rings (SSSR count). The van der Waals surface area contributed by atoms with Crippen molar-refractivity contribution in [3.05, 3.63) is 102 Å². The Kier molecular flexibility index (Phi) is 10.7. The molecule has 0 spiro atoms. The zero-order valence-corrected chi connectivity index (χ0v) is 35.4. The average molecular weight is 872 g/mol. The summed E-state index contributed by atoms with van der Waals surface area (Å²) < 4.78 is 8.48. The molecule has 2 aromatic carbocycles. The van der Waals surface area contributed by atoms with Crippen molar-refractivity contribution in [2.75, 3.05) is 0 Å². The number of fused-ring (bicyclic) bond motifs is 4. The summed E-state index contributed by atoms with van der Waals surface area (Å²) in [5, 5.41) is 3.57. The minimum absolute atomic E-state index is 0. The van der Waals surface area contributed by atoms with Crippen molar-refractivity contribution < 1.29 is 24.5 Å². The fourth-order valence-corrected chi connectivity index (χ4v) is 8.40. The topological polar surface area (TPSA) is 69.6 Å². The van der Waals surface area contributed by atoms with E-state index in [0.717, 1.165) is 73.4 Å². The molecule has 0 saturated heterocycles. The van der Waals surface area contributed by atoms with Crippen LogP contribution in [0.5, 0.6) is 0 Å². The summed E-state index contributed by atoms with van der Waals surface area (Å²) in [6.45, 7) is 26.8. The van der Waals surface area contributed by atoms with Crippen LogP contribution in [-0.4, -0.2) is 32.6 Å². The van der Waals surface area contributed by atoms with Crippen LogP contribution < -0.4 is 5.19 Å². The number of nitrogens with zero attached hydrogens (tertiary/aromatic N) is 5. The largest absolute Gasteiger partial charge is 0.486 e. The first kappa shape index (κ1) is 38.3. The first-order valence-corrected chi connectivity index (χ1v) is 20.9. The van der Waals surface area contributed by atoms with E-state index in [1.54, 1.807) is 6.20 Å². The summed E-state index contributed by atoms with van der Waals surface area (Å²) in [6.07, 6.45) is 4.96. The summed E-state index contributed by atoms with van der Waals surface area (Å²) >= 11 is 0. The molecule has 0 aliphatic carbocycles. The number of furan rings is 1. The van der Waals surface area contributed by atoms with Crippen LogP contribution in [0, 0.1) is 38.3 Å². The normalized spacial score (nSPS) is 12.2. The van der Waals surface area contributed by atoms with Gasteiger partial charge in [0.1, 0.15) is 0 Å². The zero-order chi connectivity index (χ0) is 36.2. The predicted octanol–water partition coefficient (Wildman–Crippen LogP) is 10.6. The molecule has 0 aliphatic rings. The summed E-state index contributed by atoms with van der Waals surface area (Å²) in [5.41, 5.74) is 11.0. The van der Waals surface area contributed by atoms with Crippen LogP contribution in [0.1, 0.15) is 64.1 Å². The Balaban J connectivity index is 0.000000205. The number of aromatic nitrogens is 5. The van der Waals surface area contributed by atoms with E-state index >= 15 is 0 Å². The summed E-state index contributed by atoms with van der Waals surface area (Å²) in [6, 6.07) is 25.1. The molecule has 6 nitrogen and oxygen atoms in total. The molecule has 5 aromatic heterocycles. The molecule has 0 N–H and O–H groups in total. The van der Waals surface area contributed by atoms with E-state index in [-0.39, 0.29) is 31.1 Å². The van der Waals surface area contributed by atoms with Gasteiger partial charge in [-0.05, 0) is 75.5 Å². The van der Waals surface area contributed by atoms with Crippen molar-refractivity contribution in [2.45, 2.75) is 93.9 Å². The van der Waals surface area contributed by atoms with Gasteiger partial charge in [-0.15, -0.1) is 53.6 Å². The smallest absolute Gasteiger partial charge is 0.216 e. The van der Waals surface area contributed by atoms with Crippen molar-refractivity contribution in [3.63, 3.8) is 0 Å². The maximum absolute atomic E-state index is 6.23. The third kappa shape index (κ3) is 7.94. The van der Waals surface area contributed by atoms with Crippen LogP contribution in [-0.2, 0) is 32.1 Å². The van der Waals surface area contributed by atoms with E-state index in [9.17, 15) is 0 Å². The fourth-order valence-electron chi connectivity index (χ4n) is 6.83.